The van der Waals surface area contributed by atoms with E-state index in [2.05, 4.69) is 11.8 Å². The van der Waals surface area contributed by atoms with E-state index < -0.39 is 0 Å². The summed E-state index contributed by atoms with van der Waals surface area (Å²) in [4.78, 5) is 16.6. The van der Waals surface area contributed by atoms with Crippen LogP contribution in [0.3, 0.4) is 0 Å². The van der Waals surface area contributed by atoms with Crippen molar-refractivity contribution in [3.8, 4) is 11.5 Å². The molecule has 5 unspecified atom stereocenters. The molecule has 2 aliphatic heterocycles. The molecule has 2 aromatic rings. The van der Waals surface area contributed by atoms with Gasteiger partial charge in [-0.25, -0.2) is 0 Å². The third kappa shape index (κ3) is 5.18. The zero-order valence-electron chi connectivity index (χ0n) is 21.3. The highest BCUT2D eigenvalue weighted by molar-refractivity contribution is 8.00. The number of phenolic OH excluding ortho intramolecular Hbond substituents is 1. The molecule has 1 saturated carbocycles. The molecule has 6 heteroatoms. The van der Waals surface area contributed by atoms with Crippen LogP contribution in [0.25, 0.3) is 0 Å². The normalized spacial score (nSPS) is 30.6. The van der Waals surface area contributed by atoms with Crippen molar-refractivity contribution in [3.05, 3.63) is 59.7 Å². The number of aromatic hydroxyl groups is 1. The molecule has 2 saturated heterocycles. The van der Waals surface area contributed by atoms with Crippen molar-refractivity contribution >= 4 is 17.5 Å². The minimum Gasteiger partial charge on any atom is -0.508 e. The number of Topliss-reactive ketones (excluding diaryl/α,β-unsaturated/α-hetero) is 1. The van der Waals surface area contributed by atoms with Gasteiger partial charge in [-0.05, 0) is 99.0 Å². The molecule has 5 atom stereocenters. The third-order valence-corrected chi connectivity index (χ3v) is 10.6. The molecule has 1 aliphatic carbocycles. The van der Waals surface area contributed by atoms with E-state index in [-0.39, 0.29) is 39.5 Å². The van der Waals surface area contributed by atoms with Crippen molar-refractivity contribution in [3.63, 3.8) is 0 Å². The van der Waals surface area contributed by atoms with E-state index in [1.165, 1.54) is 19.3 Å². The number of fused-ring (bicyclic) bond motifs is 1. The van der Waals surface area contributed by atoms with Crippen LogP contribution in [0, 0.1) is 11.3 Å². The van der Waals surface area contributed by atoms with Crippen molar-refractivity contribution in [1.82, 2.24) is 4.90 Å². The van der Waals surface area contributed by atoms with E-state index in [1.54, 1.807) is 12.1 Å². The van der Waals surface area contributed by atoms with Gasteiger partial charge in [0.2, 0.25) is 0 Å². The SMILES string of the molecule is CCC12CCC(O)CC1SC(c1ccc(O)cc1)C2C(=O)c1ccc(OCCN2CCCCC2)cc1. The first-order valence-electron chi connectivity index (χ1n) is 13.6. The molecule has 5 nitrogen and oxygen atoms in total. The average Bonchev–Trinajstić information content (AvgIpc) is 3.24. The maximum atomic E-state index is 14.2. The van der Waals surface area contributed by atoms with Gasteiger partial charge in [0, 0.05) is 28.5 Å². The number of carbonyl (C=O) groups is 1. The van der Waals surface area contributed by atoms with Crippen LogP contribution in [0.5, 0.6) is 11.5 Å². The van der Waals surface area contributed by atoms with Crippen molar-refractivity contribution in [1.29, 1.82) is 0 Å². The van der Waals surface area contributed by atoms with E-state index in [0.717, 1.165) is 62.2 Å². The Labute approximate surface area is 219 Å². The summed E-state index contributed by atoms with van der Waals surface area (Å²) in [5.41, 5.74) is 1.67. The van der Waals surface area contributed by atoms with Gasteiger partial charge in [-0.1, -0.05) is 25.5 Å². The van der Waals surface area contributed by atoms with E-state index >= 15 is 0 Å². The van der Waals surface area contributed by atoms with Crippen LogP contribution in [-0.4, -0.2) is 58.5 Å². The van der Waals surface area contributed by atoms with Crippen molar-refractivity contribution in [2.75, 3.05) is 26.2 Å². The molecule has 36 heavy (non-hydrogen) atoms. The zero-order valence-corrected chi connectivity index (χ0v) is 22.1. The van der Waals surface area contributed by atoms with Crippen LogP contribution in [0.15, 0.2) is 48.5 Å². The lowest BCUT2D eigenvalue weighted by atomic mass is 9.60. The fraction of sp³-hybridized carbons (Fsp3) is 0.567. The van der Waals surface area contributed by atoms with Crippen LogP contribution >= 0.6 is 11.8 Å². The number of thioether (sulfide) groups is 1. The Morgan fingerprint density at radius 3 is 2.50 bits per heavy atom. The second kappa shape index (κ2) is 11.2. The number of rotatable bonds is 8. The van der Waals surface area contributed by atoms with Gasteiger partial charge in [-0.15, -0.1) is 11.8 Å². The molecule has 3 aliphatic rings. The highest BCUT2D eigenvalue weighted by Crippen LogP contribution is 2.65. The summed E-state index contributed by atoms with van der Waals surface area (Å²) in [5, 5.41) is 20.5. The number of ether oxygens (including phenoxy) is 1. The molecule has 2 N–H and O–H groups in total. The van der Waals surface area contributed by atoms with E-state index in [9.17, 15) is 15.0 Å². The number of aliphatic hydroxyl groups is 1. The predicted molar refractivity (Wildman–Crippen MR) is 145 cm³/mol. The highest BCUT2D eigenvalue weighted by Gasteiger charge is 2.59. The van der Waals surface area contributed by atoms with Crippen LogP contribution in [0.2, 0.25) is 0 Å². The molecule has 0 radical (unpaired) electrons. The Bertz CT molecular complexity index is 1020. The number of ketones is 1. The molecule has 0 spiro atoms. The first-order chi connectivity index (χ1) is 17.5. The smallest absolute Gasteiger partial charge is 0.167 e. The van der Waals surface area contributed by atoms with E-state index in [1.807, 2.05) is 48.2 Å². The standard InChI is InChI=1S/C30H39NO4S/c1-2-30-15-14-24(33)20-26(30)36-29(22-6-10-23(32)11-7-22)27(30)28(34)21-8-12-25(13-9-21)35-19-18-31-16-4-3-5-17-31/h6-13,24,26-27,29,32-33H,2-5,14-20H2,1H3. The fourth-order valence-corrected chi connectivity index (χ4v) is 8.88. The maximum absolute atomic E-state index is 14.2. The number of hydrogen-bond donors (Lipinski definition) is 2. The predicted octanol–water partition coefficient (Wildman–Crippen LogP) is 5.85. The number of likely N-dealkylation sites (tertiary alicyclic amines) is 1. The number of aliphatic hydroxyl groups excluding tert-OH is 1. The second-order valence-corrected chi connectivity index (χ2v) is 12.1. The topological polar surface area (TPSA) is 70.0 Å². The van der Waals surface area contributed by atoms with Gasteiger partial charge >= 0.3 is 0 Å². The minimum atomic E-state index is -0.294. The summed E-state index contributed by atoms with van der Waals surface area (Å²) >= 11 is 1.85. The van der Waals surface area contributed by atoms with Gasteiger partial charge in [0.25, 0.3) is 0 Å². The zero-order chi connectivity index (χ0) is 25.1. The molecule has 0 aromatic heterocycles. The van der Waals surface area contributed by atoms with Crippen LogP contribution in [0.1, 0.15) is 73.0 Å². The maximum Gasteiger partial charge on any atom is 0.167 e. The van der Waals surface area contributed by atoms with Crippen LogP contribution in [-0.2, 0) is 0 Å². The van der Waals surface area contributed by atoms with Gasteiger partial charge in [-0.2, -0.15) is 0 Å². The fourth-order valence-electron chi connectivity index (χ4n) is 6.63. The summed E-state index contributed by atoms with van der Waals surface area (Å²) in [6.07, 6.45) is 6.87. The number of nitrogens with zero attached hydrogens (tertiary/aromatic N) is 1. The molecule has 0 bridgehead atoms. The first kappa shape index (κ1) is 25.6. The van der Waals surface area contributed by atoms with Gasteiger partial charge < -0.3 is 14.9 Å². The van der Waals surface area contributed by atoms with Crippen molar-refractivity contribution in [2.45, 2.75) is 68.5 Å². The number of hydrogen-bond acceptors (Lipinski definition) is 6. The van der Waals surface area contributed by atoms with E-state index in [4.69, 9.17) is 4.74 Å². The lowest BCUT2D eigenvalue weighted by molar-refractivity contribution is 0.0339. The van der Waals surface area contributed by atoms with Gasteiger partial charge in [0.05, 0.1) is 6.10 Å². The largest absolute Gasteiger partial charge is 0.508 e. The first-order valence-corrected chi connectivity index (χ1v) is 14.6. The van der Waals surface area contributed by atoms with Crippen molar-refractivity contribution in [2.24, 2.45) is 11.3 Å². The lowest BCUT2D eigenvalue weighted by Crippen LogP contribution is -2.44. The Kier molecular flexibility index (Phi) is 7.94. The van der Waals surface area contributed by atoms with Gasteiger partial charge in [0.1, 0.15) is 18.1 Å². The number of benzene rings is 2. The Morgan fingerprint density at radius 2 is 1.81 bits per heavy atom. The Hall–Kier alpha value is -2.02. The summed E-state index contributed by atoms with van der Waals surface area (Å²) in [6.45, 7) is 6.13. The summed E-state index contributed by atoms with van der Waals surface area (Å²) < 4.78 is 6.00. The Morgan fingerprint density at radius 1 is 1.08 bits per heavy atom. The molecular weight excluding hydrogens is 470 g/mol. The van der Waals surface area contributed by atoms with Crippen molar-refractivity contribution < 1.29 is 19.7 Å². The minimum absolute atomic E-state index is 0.00817. The molecule has 2 heterocycles. The van der Waals surface area contributed by atoms with Gasteiger partial charge in [-0.3, -0.25) is 9.69 Å². The summed E-state index contributed by atoms with van der Waals surface area (Å²) in [6, 6.07) is 15.0. The molecule has 194 valence electrons. The summed E-state index contributed by atoms with van der Waals surface area (Å²) in [7, 11) is 0. The lowest BCUT2D eigenvalue weighted by Gasteiger charge is -2.43. The number of carbonyl (C=O) groups excluding carboxylic acids is 1. The molecule has 3 fully saturated rings. The Balaban J connectivity index is 1.34. The number of phenols is 1. The van der Waals surface area contributed by atoms with Crippen LogP contribution < -0.4 is 4.74 Å². The number of piperidine rings is 1. The third-order valence-electron chi connectivity index (χ3n) is 8.73. The summed E-state index contributed by atoms with van der Waals surface area (Å²) in [5.74, 6) is 1.06. The van der Waals surface area contributed by atoms with Gasteiger partial charge in [0.15, 0.2) is 5.78 Å². The highest BCUT2D eigenvalue weighted by atomic mass is 32.2. The van der Waals surface area contributed by atoms with Crippen LogP contribution in [0.4, 0.5) is 0 Å². The van der Waals surface area contributed by atoms with E-state index in [0.29, 0.717) is 6.61 Å². The molecule has 5 rings (SSSR count). The monoisotopic (exact) mass is 509 g/mol. The molecule has 2 aromatic carbocycles. The molecular formula is C30H39NO4S. The average molecular weight is 510 g/mol. The second-order valence-electron chi connectivity index (χ2n) is 10.8. The quantitative estimate of drug-likeness (QED) is 0.435. The molecule has 0 amide bonds.